The van der Waals surface area contributed by atoms with Crippen molar-refractivity contribution in [1.29, 1.82) is 5.26 Å². The number of benzene rings is 1. The average molecular weight is 253 g/mol. The highest BCUT2D eigenvalue weighted by molar-refractivity contribution is 5.55. The number of anilines is 1. The van der Waals surface area contributed by atoms with Gasteiger partial charge in [0.25, 0.3) is 0 Å². The van der Waals surface area contributed by atoms with Gasteiger partial charge < -0.3 is 10.5 Å². The molecular formula is C15H15N3O. The summed E-state index contributed by atoms with van der Waals surface area (Å²) in [7, 11) is 0. The first-order valence-electron chi connectivity index (χ1n) is 6.07. The van der Waals surface area contributed by atoms with Gasteiger partial charge in [0.2, 0.25) is 5.88 Å². The third-order valence-corrected chi connectivity index (χ3v) is 2.76. The number of rotatable bonds is 3. The van der Waals surface area contributed by atoms with Crippen molar-refractivity contribution < 1.29 is 4.74 Å². The second kappa shape index (κ2) is 5.40. The standard InChI is InChI=1S/C15H15N3O/c1-3-11-4-5-14(13(17)7-11)19-15-8-12(9-16)6-10(2)18-15/h4-8H,3,17H2,1-2H3. The van der Waals surface area contributed by atoms with Crippen molar-refractivity contribution in [3.63, 3.8) is 0 Å². The number of nitrogens with zero attached hydrogens (tertiary/aromatic N) is 2. The van der Waals surface area contributed by atoms with E-state index in [1.54, 1.807) is 12.1 Å². The molecule has 1 heterocycles. The fourth-order valence-electron chi connectivity index (χ4n) is 1.78. The molecule has 0 unspecified atom stereocenters. The molecule has 2 rings (SSSR count). The van der Waals surface area contributed by atoms with Crippen LogP contribution in [0.25, 0.3) is 0 Å². The largest absolute Gasteiger partial charge is 0.437 e. The molecule has 4 heteroatoms. The number of aromatic nitrogens is 1. The number of aryl methyl sites for hydroxylation is 2. The van der Waals surface area contributed by atoms with Gasteiger partial charge in [-0.05, 0) is 37.1 Å². The number of hydrogen-bond acceptors (Lipinski definition) is 4. The molecule has 0 bridgehead atoms. The van der Waals surface area contributed by atoms with Crippen LogP contribution in [0, 0.1) is 18.3 Å². The van der Waals surface area contributed by atoms with E-state index >= 15 is 0 Å². The molecule has 0 spiro atoms. The number of pyridine rings is 1. The normalized spacial score (nSPS) is 9.95. The lowest BCUT2D eigenvalue weighted by atomic mass is 10.1. The van der Waals surface area contributed by atoms with E-state index in [1.807, 2.05) is 25.1 Å². The van der Waals surface area contributed by atoms with Crippen LogP contribution in [0.1, 0.15) is 23.7 Å². The molecule has 0 aliphatic heterocycles. The number of ether oxygens (including phenoxy) is 1. The minimum atomic E-state index is 0.382. The van der Waals surface area contributed by atoms with Gasteiger partial charge in [-0.15, -0.1) is 0 Å². The first-order chi connectivity index (χ1) is 9.12. The van der Waals surface area contributed by atoms with Crippen molar-refractivity contribution in [2.45, 2.75) is 20.3 Å². The molecule has 0 saturated heterocycles. The summed E-state index contributed by atoms with van der Waals surface area (Å²) in [4.78, 5) is 4.23. The lowest BCUT2D eigenvalue weighted by Gasteiger charge is -2.09. The maximum absolute atomic E-state index is 8.92. The zero-order valence-corrected chi connectivity index (χ0v) is 11.0. The van der Waals surface area contributed by atoms with Crippen molar-refractivity contribution in [1.82, 2.24) is 4.98 Å². The van der Waals surface area contributed by atoms with Gasteiger partial charge in [0.05, 0.1) is 17.3 Å². The highest BCUT2D eigenvalue weighted by atomic mass is 16.5. The smallest absolute Gasteiger partial charge is 0.220 e. The molecule has 19 heavy (non-hydrogen) atoms. The molecule has 0 fully saturated rings. The van der Waals surface area contributed by atoms with E-state index in [2.05, 4.69) is 18.0 Å². The van der Waals surface area contributed by atoms with Gasteiger partial charge in [-0.1, -0.05) is 13.0 Å². The monoisotopic (exact) mass is 253 g/mol. The van der Waals surface area contributed by atoms with Crippen LogP contribution in [-0.2, 0) is 6.42 Å². The lowest BCUT2D eigenvalue weighted by molar-refractivity contribution is 0.463. The Morgan fingerprint density at radius 1 is 1.32 bits per heavy atom. The van der Waals surface area contributed by atoms with Crippen LogP contribution in [0.5, 0.6) is 11.6 Å². The van der Waals surface area contributed by atoms with Crippen LogP contribution in [0.2, 0.25) is 0 Å². The van der Waals surface area contributed by atoms with Gasteiger partial charge >= 0.3 is 0 Å². The molecule has 2 N–H and O–H groups in total. The topological polar surface area (TPSA) is 71.9 Å². The molecule has 0 radical (unpaired) electrons. The zero-order valence-electron chi connectivity index (χ0n) is 11.0. The molecule has 0 amide bonds. The molecular weight excluding hydrogens is 238 g/mol. The molecule has 0 saturated carbocycles. The maximum Gasteiger partial charge on any atom is 0.220 e. The van der Waals surface area contributed by atoms with E-state index in [0.29, 0.717) is 22.9 Å². The predicted molar refractivity (Wildman–Crippen MR) is 74.0 cm³/mol. The van der Waals surface area contributed by atoms with Crippen molar-refractivity contribution in [3.8, 4) is 17.7 Å². The molecule has 2 aromatic rings. The van der Waals surface area contributed by atoms with E-state index in [0.717, 1.165) is 17.7 Å². The van der Waals surface area contributed by atoms with Crippen LogP contribution in [-0.4, -0.2) is 4.98 Å². The van der Waals surface area contributed by atoms with E-state index < -0.39 is 0 Å². The van der Waals surface area contributed by atoms with Gasteiger partial charge in [-0.3, -0.25) is 0 Å². The summed E-state index contributed by atoms with van der Waals surface area (Å²) in [6, 6.07) is 11.1. The van der Waals surface area contributed by atoms with Crippen molar-refractivity contribution >= 4 is 5.69 Å². The Morgan fingerprint density at radius 3 is 2.74 bits per heavy atom. The van der Waals surface area contributed by atoms with Crippen LogP contribution in [0.3, 0.4) is 0 Å². The van der Waals surface area contributed by atoms with Crippen molar-refractivity contribution in [2.24, 2.45) is 0 Å². The average Bonchev–Trinajstić information content (AvgIpc) is 2.40. The Kier molecular flexibility index (Phi) is 3.67. The van der Waals surface area contributed by atoms with Gasteiger partial charge in [-0.25, -0.2) is 4.98 Å². The zero-order chi connectivity index (χ0) is 13.8. The second-order valence-electron chi connectivity index (χ2n) is 4.28. The Bertz CT molecular complexity index is 644. The molecule has 4 nitrogen and oxygen atoms in total. The van der Waals surface area contributed by atoms with Crippen LogP contribution >= 0.6 is 0 Å². The third kappa shape index (κ3) is 3.02. The van der Waals surface area contributed by atoms with Crippen molar-refractivity contribution in [3.05, 3.63) is 47.2 Å². The van der Waals surface area contributed by atoms with Gasteiger partial charge in [0.1, 0.15) is 0 Å². The van der Waals surface area contributed by atoms with Crippen LogP contribution in [0.15, 0.2) is 30.3 Å². The number of hydrogen-bond donors (Lipinski definition) is 1. The summed E-state index contributed by atoms with van der Waals surface area (Å²) >= 11 is 0. The van der Waals surface area contributed by atoms with Crippen molar-refractivity contribution in [2.75, 3.05) is 5.73 Å². The summed E-state index contributed by atoms with van der Waals surface area (Å²) < 4.78 is 5.64. The van der Waals surface area contributed by atoms with Gasteiger partial charge in [0.15, 0.2) is 5.75 Å². The highest BCUT2D eigenvalue weighted by Crippen LogP contribution is 2.28. The molecule has 0 atom stereocenters. The SMILES string of the molecule is CCc1ccc(Oc2cc(C#N)cc(C)n2)c(N)c1. The van der Waals surface area contributed by atoms with E-state index in [1.165, 1.54) is 0 Å². The van der Waals surface area contributed by atoms with E-state index in [9.17, 15) is 0 Å². The molecule has 1 aromatic carbocycles. The third-order valence-electron chi connectivity index (χ3n) is 2.76. The minimum Gasteiger partial charge on any atom is -0.437 e. The fourth-order valence-corrected chi connectivity index (χ4v) is 1.78. The molecule has 1 aromatic heterocycles. The summed E-state index contributed by atoms with van der Waals surface area (Å²) in [6.45, 7) is 3.88. The Morgan fingerprint density at radius 2 is 2.11 bits per heavy atom. The first-order valence-corrected chi connectivity index (χ1v) is 6.07. The summed E-state index contributed by atoms with van der Waals surface area (Å²) in [5, 5.41) is 8.92. The van der Waals surface area contributed by atoms with Gasteiger partial charge in [0, 0.05) is 11.8 Å². The van der Waals surface area contributed by atoms with Gasteiger partial charge in [-0.2, -0.15) is 5.26 Å². The Labute approximate surface area is 112 Å². The lowest BCUT2D eigenvalue weighted by Crippen LogP contribution is -1.96. The van der Waals surface area contributed by atoms with E-state index in [4.69, 9.17) is 15.7 Å². The molecule has 0 aliphatic carbocycles. The van der Waals surface area contributed by atoms with Crippen LogP contribution in [0.4, 0.5) is 5.69 Å². The number of nitrogens with two attached hydrogens (primary N) is 1. The van der Waals surface area contributed by atoms with Crippen LogP contribution < -0.4 is 10.5 Å². The van der Waals surface area contributed by atoms with E-state index in [-0.39, 0.29) is 0 Å². The predicted octanol–water partition coefficient (Wildman–Crippen LogP) is 3.20. The summed E-state index contributed by atoms with van der Waals surface area (Å²) in [5.41, 5.74) is 8.91. The number of nitriles is 1. The quantitative estimate of drug-likeness (QED) is 0.852. The Balaban J connectivity index is 2.31. The summed E-state index contributed by atoms with van der Waals surface area (Å²) in [5.74, 6) is 0.937. The molecule has 96 valence electrons. The highest BCUT2D eigenvalue weighted by Gasteiger charge is 2.06. The second-order valence-corrected chi connectivity index (χ2v) is 4.28. The maximum atomic E-state index is 8.92. The fraction of sp³-hybridized carbons (Fsp3) is 0.200. The minimum absolute atomic E-state index is 0.382. The molecule has 0 aliphatic rings. The number of nitrogen functional groups attached to an aromatic ring is 1. The Hall–Kier alpha value is -2.54. The first kappa shape index (κ1) is 12.9. The summed E-state index contributed by atoms with van der Waals surface area (Å²) in [6.07, 6.45) is 0.922.